The van der Waals surface area contributed by atoms with Crippen molar-refractivity contribution < 1.29 is 5.11 Å². The van der Waals surface area contributed by atoms with Gasteiger partial charge in [-0.3, -0.25) is 0 Å². The van der Waals surface area contributed by atoms with E-state index in [-0.39, 0.29) is 6.10 Å². The van der Waals surface area contributed by atoms with Crippen molar-refractivity contribution in [2.75, 3.05) is 0 Å². The van der Waals surface area contributed by atoms with Gasteiger partial charge in [0.15, 0.2) is 0 Å². The van der Waals surface area contributed by atoms with Gasteiger partial charge in [-0.15, -0.1) is 0 Å². The summed E-state index contributed by atoms with van der Waals surface area (Å²) >= 11 is 1.71. The molecule has 0 fully saturated rings. The first-order chi connectivity index (χ1) is 4.79. The van der Waals surface area contributed by atoms with Gasteiger partial charge in [-0.05, 0) is 42.2 Å². The van der Waals surface area contributed by atoms with Crippen molar-refractivity contribution in [3.63, 3.8) is 0 Å². The Morgan fingerprint density at radius 1 is 1.70 bits per heavy atom. The molecule has 10 heavy (non-hydrogen) atoms. The largest absolute Gasteiger partial charge is 0.393 e. The maximum Gasteiger partial charge on any atom is 0.0515 e. The van der Waals surface area contributed by atoms with Crippen molar-refractivity contribution in [2.45, 2.75) is 25.9 Å². The van der Waals surface area contributed by atoms with Crippen LogP contribution in [0.1, 0.15) is 18.9 Å². The molecule has 0 aliphatic rings. The highest BCUT2D eigenvalue weighted by molar-refractivity contribution is 7.07. The van der Waals surface area contributed by atoms with Crippen LogP contribution in [0.15, 0.2) is 16.8 Å². The molecule has 1 N–H and O–H groups in total. The molecule has 0 unspecified atom stereocenters. The highest BCUT2D eigenvalue weighted by Gasteiger charge is 1.96. The summed E-state index contributed by atoms with van der Waals surface area (Å²) in [6.45, 7) is 1.83. The van der Waals surface area contributed by atoms with Crippen molar-refractivity contribution in [2.24, 2.45) is 0 Å². The third kappa shape index (κ3) is 2.50. The Labute approximate surface area is 65.3 Å². The van der Waals surface area contributed by atoms with Crippen LogP contribution in [0, 0.1) is 0 Å². The van der Waals surface area contributed by atoms with Gasteiger partial charge in [0.1, 0.15) is 0 Å². The molecule has 2 heteroatoms. The van der Waals surface area contributed by atoms with E-state index in [4.69, 9.17) is 5.11 Å². The summed E-state index contributed by atoms with van der Waals surface area (Å²) in [5, 5.41) is 13.1. The Morgan fingerprint density at radius 3 is 3.00 bits per heavy atom. The summed E-state index contributed by atoms with van der Waals surface area (Å²) in [7, 11) is 0. The second-order valence-electron chi connectivity index (χ2n) is 2.52. The fourth-order valence-corrected chi connectivity index (χ4v) is 1.51. The number of hydrogen-bond acceptors (Lipinski definition) is 2. The van der Waals surface area contributed by atoms with Crippen LogP contribution >= 0.6 is 11.3 Å². The Bertz CT molecular complexity index is 167. The third-order valence-corrected chi connectivity index (χ3v) is 2.16. The second kappa shape index (κ2) is 3.74. The van der Waals surface area contributed by atoms with Crippen LogP contribution in [-0.4, -0.2) is 11.2 Å². The molecule has 56 valence electrons. The monoisotopic (exact) mass is 156 g/mol. The van der Waals surface area contributed by atoms with E-state index in [1.54, 1.807) is 11.3 Å². The molecule has 0 saturated heterocycles. The molecule has 0 saturated carbocycles. The molecular weight excluding hydrogens is 144 g/mol. The normalized spacial score (nSPS) is 13.4. The van der Waals surface area contributed by atoms with Gasteiger partial charge in [0.2, 0.25) is 0 Å². The molecule has 1 heterocycles. The van der Waals surface area contributed by atoms with Crippen LogP contribution in [0.4, 0.5) is 0 Å². The lowest BCUT2D eigenvalue weighted by Gasteiger charge is -2.00. The summed E-state index contributed by atoms with van der Waals surface area (Å²) in [5.41, 5.74) is 1.34. The number of aliphatic hydroxyl groups is 1. The van der Waals surface area contributed by atoms with E-state index in [9.17, 15) is 0 Å². The highest BCUT2D eigenvalue weighted by atomic mass is 32.1. The molecule has 0 aromatic carbocycles. The van der Waals surface area contributed by atoms with E-state index in [1.165, 1.54) is 5.56 Å². The van der Waals surface area contributed by atoms with Crippen molar-refractivity contribution >= 4 is 11.3 Å². The van der Waals surface area contributed by atoms with Crippen LogP contribution in [0.3, 0.4) is 0 Å². The van der Waals surface area contributed by atoms with Crippen LogP contribution in [-0.2, 0) is 6.42 Å². The molecule has 0 aliphatic heterocycles. The minimum Gasteiger partial charge on any atom is -0.393 e. The molecule has 1 aromatic heterocycles. The van der Waals surface area contributed by atoms with Crippen molar-refractivity contribution in [3.05, 3.63) is 22.4 Å². The van der Waals surface area contributed by atoms with Gasteiger partial charge in [-0.2, -0.15) is 11.3 Å². The first-order valence-electron chi connectivity index (χ1n) is 3.48. The maximum absolute atomic E-state index is 8.95. The minimum atomic E-state index is -0.167. The Balaban J connectivity index is 2.28. The van der Waals surface area contributed by atoms with E-state index in [0.29, 0.717) is 0 Å². The molecule has 0 amide bonds. The predicted molar refractivity (Wildman–Crippen MR) is 44.3 cm³/mol. The van der Waals surface area contributed by atoms with Gasteiger partial charge in [-0.1, -0.05) is 0 Å². The Hall–Kier alpha value is -0.340. The lowest BCUT2D eigenvalue weighted by atomic mass is 10.1. The smallest absolute Gasteiger partial charge is 0.0515 e. The highest BCUT2D eigenvalue weighted by Crippen LogP contribution is 2.09. The number of rotatable bonds is 3. The summed E-state index contributed by atoms with van der Waals surface area (Å²) in [5.74, 6) is 0. The van der Waals surface area contributed by atoms with E-state index >= 15 is 0 Å². The van der Waals surface area contributed by atoms with Gasteiger partial charge in [0, 0.05) is 0 Å². The average molecular weight is 156 g/mol. The van der Waals surface area contributed by atoms with Gasteiger partial charge in [0.05, 0.1) is 6.10 Å². The number of thiophene rings is 1. The zero-order valence-corrected chi connectivity index (χ0v) is 6.90. The maximum atomic E-state index is 8.95. The van der Waals surface area contributed by atoms with Gasteiger partial charge in [0.25, 0.3) is 0 Å². The van der Waals surface area contributed by atoms with E-state index in [0.717, 1.165) is 12.8 Å². The number of hydrogen-bond donors (Lipinski definition) is 1. The molecule has 0 radical (unpaired) electrons. The van der Waals surface area contributed by atoms with Crippen molar-refractivity contribution in [3.8, 4) is 0 Å². The molecule has 0 bridgehead atoms. The first kappa shape index (κ1) is 7.76. The first-order valence-corrected chi connectivity index (χ1v) is 4.42. The minimum absolute atomic E-state index is 0.167. The predicted octanol–water partition coefficient (Wildman–Crippen LogP) is 2.06. The fourth-order valence-electron chi connectivity index (χ4n) is 0.810. The lowest BCUT2D eigenvalue weighted by Crippen LogP contribution is -2.00. The SMILES string of the molecule is C[C@@H](O)CCc1ccsc1. The standard InChI is InChI=1S/C8H12OS/c1-7(9)2-3-8-4-5-10-6-8/h4-7,9H,2-3H2,1H3/t7-/m1/s1. The molecule has 0 aliphatic carbocycles. The van der Waals surface area contributed by atoms with Crippen molar-refractivity contribution in [1.29, 1.82) is 0 Å². The summed E-state index contributed by atoms with van der Waals surface area (Å²) in [4.78, 5) is 0. The molecule has 1 nitrogen and oxygen atoms in total. The van der Waals surface area contributed by atoms with Crippen LogP contribution < -0.4 is 0 Å². The molecular formula is C8H12OS. The summed E-state index contributed by atoms with van der Waals surface area (Å²) in [6, 6.07) is 2.10. The Kier molecular flexibility index (Phi) is 2.90. The quantitative estimate of drug-likeness (QED) is 0.710. The fraction of sp³-hybridized carbons (Fsp3) is 0.500. The van der Waals surface area contributed by atoms with E-state index in [2.05, 4.69) is 16.8 Å². The summed E-state index contributed by atoms with van der Waals surface area (Å²) < 4.78 is 0. The van der Waals surface area contributed by atoms with E-state index in [1.807, 2.05) is 6.92 Å². The van der Waals surface area contributed by atoms with Gasteiger partial charge < -0.3 is 5.11 Å². The zero-order chi connectivity index (χ0) is 7.40. The molecule has 1 aromatic rings. The molecule has 1 rings (SSSR count). The van der Waals surface area contributed by atoms with Crippen LogP contribution in [0.2, 0.25) is 0 Å². The topological polar surface area (TPSA) is 20.2 Å². The van der Waals surface area contributed by atoms with Gasteiger partial charge >= 0.3 is 0 Å². The second-order valence-corrected chi connectivity index (χ2v) is 3.30. The number of aliphatic hydroxyl groups excluding tert-OH is 1. The zero-order valence-electron chi connectivity index (χ0n) is 6.08. The third-order valence-electron chi connectivity index (χ3n) is 1.43. The van der Waals surface area contributed by atoms with E-state index < -0.39 is 0 Å². The van der Waals surface area contributed by atoms with Crippen molar-refractivity contribution in [1.82, 2.24) is 0 Å². The van der Waals surface area contributed by atoms with Crippen LogP contribution in [0.5, 0.6) is 0 Å². The van der Waals surface area contributed by atoms with Gasteiger partial charge in [-0.25, -0.2) is 0 Å². The average Bonchev–Trinajstić information content (AvgIpc) is 2.34. The lowest BCUT2D eigenvalue weighted by molar-refractivity contribution is 0.185. The molecule has 1 atom stereocenters. The molecule has 0 spiro atoms. The summed E-state index contributed by atoms with van der Waals surface area (Å²) in [6.07, 6.45) is 1.71. The Morgan fingerprint density at radius 2 is 2.50 bits per heavy atom. The van der Waals surface area contributed by atoms with Crippen LogP contribution in [0.25, 0.3) is 0 Å². The number of aryl methyl sites for hydroxylation is 1.